The van der Waals surface area contributed by atoms with E-state index in [4.69, 9.17) is 23.4 Å². The molecule has 0 spiro atoms. The summed E-state index contributed by atoms with van der Waals surface area (Å²) in [6.07, 6.45) is 3.39. The summed E-state index contributed by atoms with van der Waals surface area (Å²) in [4.78, 5) is 35.8. The average molecular weight is 603 g/mol. The minimum Gasteiger partial charge on any atom is -0.485 e. The first-order valence-electron chi connectivity index (χ1n) is 13.8. The first kappa shape index (κ1) is 30.2. The van der Waals surface area contributed by atoms with E-state index in [1.807, 2.05) is 6.92 Å². The molecule has 0 saturated carbocycles. The lowest BCUT2D eigenvalue weighted by Gasteiger charge is -2.18. The largest absolute Gasteiger partial charge is 0.485 e. The Bertz CT molecular complexity index is 1890. The van der Waals surface area contributed by atoms with Crippen molar-refractivity contribution in [2.75, 3.05) is 32.8 Å². The molecule has 0 fully saturated rings. The van der Waals surface area contributed by atoms with Crippen molar-refractivity contribution in [2.45, 2.75) is 20.3 Å². The molecule has 0 aliphatic heterocycles. The van der Waals surface area contributed by atoms with Gasteiger partial charge in [0.05, 0.1) is 31.1 Å². The molecule has 0 unspecified atom stereocenters. The lowest BCUT2D eigenvalue weighted by Crippen LogP contribution is -2.29. The topological polar surface area (TPSA) is 127 Å². The number of aromatic nitrogens is 3. The van der Waals surface area contributed by atoms with Crippen LogP contribution in [0, 0.1) is 12.7 Å². The molecule has 4 heterocycles. The third kappa shape index (κ3) is 5.84. The zero-order chi connectivity index (χ0) is 31.4. The second-order valence-corrected chi connectivity index (χ2v) is 9.72. The SMILES string of the molecule is CCc1c(C(=O)Nc2ccc(Oc3ccnc4cc(OCCOC)c(OC)nc34)c(F)c2)c(=O)c(-c2ccco2)c(C)n1C. The number of nitrogens with zero attached hydrogens (tertiary/aromatic N) is 3. The van der Waals surface area contributed by atoms with Crippen LogP contribution in [0.25, 0.3) is 22.4 Å². The van der Waals surface area contributed by atoms with Crippen LogP contribution in [-0.4, -0.2) is 47.9 Å². The van der Waals surface area contributed by atoms with Crippen molar-refractivity contribution < 1.29 is 32.5 Å². The number of benzene rings is 1. The van der Waals surface area contributed by atoms with Crippen LogP contribution in [0.15, 0.2) is 64.1 Å². The number of carbonyl (C=O) groups is 1. The molecule has 5 aromatic rings. The third-order valence-corrected chi connectivity index (χ3v) is 7.10. The van der Waals surface area contributed by atoms with E-state index in [-0.39, 0.29) is 35.2 Å². The number of halogens is 1. The molecule has 1 N–H and O–H groups in total. The van der Waals surface area contributed by atoms with Crippen LogP contribution in [-0.2, 0) is 18.2 Å². The monoisotopic (exact) mass is 602 g/mol. The number of methoxy groups -OCH3 is 2. The number of furan rings is 1. The van der Waals surface area contributed by atoms with Crippen LogP contribution in [0.4, 0.5) is 10.1 Å². The van der Waals surface area contributed by atoms with Gasteiger partial charge in [-0.3, -0.25) is 14.6 Å². The van der Waals surface area contributed by atoms with Crippen LogP contribution < -0.4 is 25.0 Å². The fraction of sp³-hybridized carbons (Fsp3) is 0.250. The molecule has 0 radical (unpaired) electrons. The number of hydrogen-bond donors (Lipinski definition) is 1. The van der Waals surface area contributed by atoms with Gasteiger partial charge in [-0.2, -0.15) is 0 Å². The number of amides is 1. The van der Waals surface area contributed by atoms with Gasteiger partial charge in [0.2, 0.25) is 5.43 Å². The summed E-state index contributed by atoms with van der Waals surface area (Å²) >= 11 is 0. The molecule has 0 aliphatic carbocycles. The van der Waals surface area contributed by atoms with Crippen LogP contribution in [0.2, 0.25) is 0 Å². The molecule has 4 aromatic heterocycles. The Hall–Kier alpha value is -5.23. The number of rotatable bonds is 11. The van der Waals surface area contributed by atoms with Gasteiger partial charge in [-0.05, 0) is 37.6 Å². The number of fused-ring (bicyclic) bond motifs is 1. The Kier molecular flexibility index (Phi) is 8.91. The number of ether oxygens (including phenoxy) is 4. The summed E-state index contributed by atoms with van der Waals surface area (Å²) in [7, 11) is 4.80. The summed E-state index contributed by atoms with van der Waals surface area (Å²) < 4.78 is 44.5. The maximum absolute atomic E-state index is 15.3. The average Bonchev–Trinajstić information content (AvgIpc) is 3.54. The van der Waals surface area contributed by atoms with Crippen molar-refractivity contribution in [1.82, 2.24) is 14.5 Å². The Morgan fingerprint density at radius 1 is 1.09 bits per heavy atom. The lowest BCUT2D eigenvalue weighted by atomic mass is 10.0. The standard InChI is InChI=1S/C32H31FN4O7/c1-6-22-28(30(38)27(18(2)37(22)3)24-8-7-13-42-24)31(39)35-19-9-10-23(20(33)16-19)44-25-11-12-34-21-17-26(43-15-14-40-4)32(41-5)36-29(21)25/h7-13,16-17H,6,14-15H2,1-5H3,(H,35,39). The van der Waals surface area contributed by atoms with E-state index in [0.717, 1.165) is 6.07 Å². The van der Waals surface area contributed by atoms with Crippen molar-refractivity contribution >= 4 is 22.6 Å². The summed E-state index contributed by atoms with van der Waals surface area (Å²) in [6, 6.07) is 10.5. The van der Waals surface area contributed by atoms with Gasteiger partial charge in [0.1, 0.15) is 23.4 Å². The summed E-state index contributed by atoms with van der Waals surface area (Å²) in [5.74, 6) is -0.358. The third-order valence-electron chi connectivity index (χ3n) is 7.10. The predicted molar refractivity (Wildman–Crippen MR) is 161 cm³/mol. The van der Waals surface area contributed by atoms with Gasteiger partial charge in [0.25, 0.3) is 11.8 Å². The number of nitrogens with one attached hydrogen (secondary N) is 1. The summed E-state index contributed by atoms with van der Waals surface area (Å²) in [5, 5.41) is 2.66. The second kappa shape index (κ2) is 13.0. The molecule has 11 nitrogen and oxygen atoms in total. The predicted octanol–water partition coefficient (Wildman–Crippen LogP) is 5.68. The fourth-order valence-electron chi connectivity index (χ4n) is 4.87. The van der Waals surface area contributed by atoms with Crippen molar-refractivity contribution in [3.8, 4) is 34.5 Å². The van der Waals surface area contributed by atoms with Gasteiger partial charge in [-0.25, -0.2) is 9.37 Å². The highest BCUT2D eigenvalue weighted by molar-refractivity contribution is 6.05. The number of hydrogen-bond acceptors (Lipinski definition) is 9. The highest BCUT2D eigenvalue weighted by Crippen LogP contribution is 2.35. The molecule has 0 saturated heterocycles. The van der Waals surface area contributed by atoms with Crippen molar-refractivity contribution in [3.05, 3.63) is 87.9 Å². The zero-order valence-corrected chi connectivity index (χ0v) is 24.9. The maximum atomic E-state index is 15.3. The van der Waals surface area contributed by atoms with Crippen molar-refractivity contribution in [1.29, 1.82) is 0 Å². The molecule has 5 rings (SSSR count). The zero-order valence-electron chi connectivity index (χ0n) is 24.9. The number of anilines is 1. The summed E-state index contributed by atoms with van der Waals surface area (Å²) in [6.45, 7) is 4.31. The van der Waals surface area contributed by atoms with E-state index in [2.05, 4.69) is 15.3 Å². The Balaban J connectivity index is 1.42. The van der Waals surface area contributed by atoms with Gasteiger partial charge in [0, 0.05) is 55.6 Å². The van der Waals surface area contributed by atoms with Crippen molar-refractivity contribution in [3.63, 3.8) is 0 Å². The smallest absolute Gasteiger partial charge is 0.261 e. The quantitative estimate of drug-likeness (QED) is 0.190. The highest BCUT2D eigenvalue weighted by Gasteiger charge is 2.25. The highest BCUT2D eigenvalue weighted by atomic mass is 19.1. The number of carbonyl (C=O) groups excluding carboxylic acids is 1. The van der Waals surface area contributed by atoms with Crippen molar-refractivity contribution in [2.24, 2.45) is 7.05 Å². The van der Waals surface area contributed by atoms with E-state index < -0.39 is 17.2 Å². The molecule has 0 aliphatic rings. The lowest BCUT2D eigenvalue weighted by molar-refractivity contribution is 0.102. The van der Waals surface area contributed by atoms with Gasteiger partial charge in [-0.1, -0.05) is 6.92 Å². The van der Waals surface area contributed by atoms with Crippen LogP contribution in [0.3, 0.4) is 0 Å². The van der Waals surface area contributed by atoms with E-state index in [0.29, 0.717) is 52.5 Å². The minimum atomic E-state index is -0.747. The van der Waals surface area contributed by atoms with Gasteiger partial charge in [-0.15, -0.1) is 0 Å². The first-order chi connectivity index (χ1) is 21.3. The van der Waals surface area contributed by atoms with E-state index in [1.165, 1.54) is 31.7 Å². The Morgan fingerprint density at radius 2 is 1.91 bits per heavy atom. The van der Waals surface area contributed by atoms with Crippen LogP contribution in [0.1, 0.15) is 28.7 Å². The van der Waals surface area contributed by atoms with Crippen LogP contribution in [0.5, 0.6) is 23.1 Å². The van der Waals surface area contributed by atoms with Gasteiger partial charge >= 0.3 is 0 Å². The molecule has 1 aromatic carbocycles. The molecular formula is C32H31FN4O7. The Labute approximate surface area is 252 Å². The van der Waals surface area contributed by atoms with Crippen LogP contribution >= 0.6 is 0 Å². The van der Waals surface area contributed by atoms with E-state index in [9.17, 15) is 9.59 Å². The fourth-order valence-corrected chi connectivity index (χ4v) is 4.87. The van der Waals surface area contributed by atoms with E-state index >= 15 is 4.39 Å². The molecule has 228 valence electrons. The molecule has 0 bridgehead atoms. The molecule has 1 amide bonds. The Morgan fingerprint density at radius 3 is 2.59 bits per heavy atom. The normalized spacial score (nSPS) is 11.0. The second-order valence-electron chi connectivity index (χ2n) is 9.72. The molecular weight excluding hydrogens is 571 g/mol. The minimum absolute atomic E-state index is 0.0402. The van der Waals surface area contributed by atoms with Gasteiger partial charge < -0.3 is 33.2 Å². The van der Waals surface area contributed by atoms with Gasteiger partial charge in [0.15, 0.2) is 23.1 Å². The first-order valence-corrected chi connectivity index (χ1v) is 13.8. The molecule has 12 heteroatoms. The molecule has 44 heavy (non-hydrogen) atoms. The summed E-state index contributed by atoms with van der Waals surface area (Å²) in [5.41, 5.74) is 1.90. The molecule has 0 atom stereocenters. The number of pyridine rings is 3. The van der Waals surface area contributed by atoms with E-state index in [1.54, 1.807) is 49.9 Å². The maximum Gasteiger partial charge on any atom is 0.261 e.